The molecule has 1 heterocycles. The maximum absolute atomic E-state index is 4.99. The Morgan fingerprint density at radius 3 is 2.00 bits per heavy atom. The minimum Gasteiger partial charge on any atom is -0.241 e. The summed E-state index contributed by atoms with van der Waals surface area (Å²) in [4.78, 5) is 4.99. The fraction of sp³-hybridized carbons (Fsp3) is 0.696. The van der Waals surface area contributed by atoms with E-state index in [1.165, 1.54) is 111 Å². The number of benzene rings is 1. The van der Waals surface area contributed by atoms with E-state index in [1.807, 2.05) is 11.3 Å². The van der Waals surface area contributed by atoms with Crippen molar-refractivity contribution >= 4 is 21.6 Å². The van der Waals surface area contributed by atoms with Crippen LogP contribution >= 0.6 is 11.3 Å². The first-order chi connectivity index (χ1) is 12.3. The Kier molecular flexibility index (Phi) is 10.2. The van der Waals surface area contributed by atoms with Gasteiger partial charge in [0.15, 0.2) is 0 Å². The zero-order valence-corrected chi connectivity index (χ0v) is 17.3. The van der Waals surface area contributed by atoms with Gasteiger partial charge in [-0.25, -0.2) is 4.98 Å². The van der Waals surface area contributed by atoms with E-state index in [1.54, 1.807) is 0 Å². The van der Waals surface area contributed by atoms with Gasteiger partial charge >= 0.3 is 0 Å². The summed E-state index contributed by atoms with van der Waals surface area (Å²) in [6.07, 6.45) is 18.7. The first kappa shape index (κ1) is 20.4. The molecule has 0 unspecified atom stereocenters. The molecule has 2 heteroatoms. The van der Waals surface area contributed by atoms with Gasteiger partial charge in [-0.2, -0.15) is 0 Å². The molecule has 0 N–H and O–H groups in total. The minimum absolute atomic E-state index is 1.17. The molecule has 0 saturated carbocycles. The Morgan fingerprint density at radius 2 is 1.32 bits per heavy atom. The van der Waals surface area contributed by atoms with E-state index in [0.717, 1.165) is 0 Å². The summed E-state index contributed by atoms with van der Waals surface area (Å²) in [6.45, 7) is 4.57. The monoisotopic (exact) mass is 359 g/mol. The number of hydrogen-bond donors (Lipinski definition) is 0. The molecule has 1 aromatic heterocycles. The minimum atomic E-state index is 1.17. The molecular formula is C23H37NS. The smallest absolute Gasteiger partial charge is 0.0938 e. The van der Waals surface area contributed by atoms with E-state index in [9.17, 15) is 0 Å². The van der Waals surface area contributed by atoms with Crippen LogP contribution in [0.5, 0.6) is 0 Å². The molecule has 0 aliphatic carbocycles. The van der Waals surface area contributed by atoms with Crippen molar-refractivity contribution in [3.05, 3.63) is 28.8 Å². The number of unbranched alkanes of at least 4 members (excludes halogenated alkanes) is 10. The Hall–Kier alpha value is -0.890. The van der Waals surface area contributed by atoms with E-state index < -0.39 is 0 Å². The maximum Gasteiger partial charge on any atom is 0.0938 e. The molecule has 2 aromatic rings. The van der Waals surface area contributed by atoms with Crippen LogP contribution in [0.4, 0.5) is 0 Å². The highest BCUT2D eigenvalue weighted by atomic mass is 32.1. The van der Waals surface area contributed by atoms with Gasteiger partial charge in [0.05, 0.1) is 15.2 Å². The Bertz CT molecular complexity index is 587. The van der Waals surface area contributed by atoms with Crippen molar-refractivity contribution in [3.8, 4) is 0 Å². The van der Waals surface area contributed by atoms with Crippen molar-refractivity contribution in [2.24, 2.45) is 0 Å². The number of aromatic nitrogens is 1. The van der Waals surface area contributed by atoms with Gasteiger partial charge in [-0.1, -0.05) is 90.2 Å². The second kappa shape index (κ2) is 12.5. The molecule has 0 atom stereocenters. The lowest BCUT2D eigenvalue weighted by Crippen LogP contribution is -1.89. The van der Waals surface area contributed by atoms with Crippen LogP contribution in [-0.4, -0.2) is 4.98 Å². The average Bonchev–Trinajstić information content (AvgIpc) is 3.04. The summed E-state index contributed by atoms with van der Waals surface area (Å²) >= 11 is 1.92. The number of rotatable bonds is 14. The molecule has 140 valence electrons. The average molecular weight is 360 g/mol. The fourth-order valence-electron chi connectivity index (χ4n) is 3.51. The molecule has 0 aliphatic rings. The van der Waals surface area contributed by atoms with E-state index >= 15 is 0 Å². The predicted molar refractivity (Wildman–Crippen MR) is 114 cm³/mol. The third-order valence-electron chi connectivity index (χ3n) is 5.09. The predicted octanol–water partition coefficient (Wildman–Crippen LogP) is 8.10. The highest BCUT2D eigenvalue weighted by molar-refractivity contribution is 7.18. The summed E-state index contributed by atoms with van der Waals surface area (Å²) < 4.78 is 1.39. The van der Waals surface area contributed by atoms with Crippen molar-refractivity contribution in [3.63, 3.8) is 0 Å². The van der Waals surface area contributed by atoms with Crippen molar-refractivity contribution < 1.29 is 0 Å². The number of nitrogens with zero attached hydrogens (tertiary/aromatic N) is 1. The number of para-hydroxylation sites is 1. The zero-order valence-electron chi connectivity index (χ0n) is 16.5. The van der Waals surface area contributed by atoms with E-state index in [-0.39, 0.29) is 0 Å². The standard InChI is InChI=1S/C23H37NS/c1-3-5-7-9-11-13-16-20-17-15-18-21-23(20)24-22(25-21)19-14-12-10-8-6-4-2/h15,17-18H,3-14,16,19H2,1-2H3. The van der Waals surface area contributed by atoms with Crippen molar-refractivity contribution in [1.82, 2.24) is 4.98 Å². The highest BCUT2D eigenvalue weighted by Gasteiger charge is 2.08. The summed E-state index contributed by atoms with van der Waals surface area (Å²) in [5, 5.41) is 1.35. The summed E-state index contributed by atoms with van der Waals surface area (Å²) in [7, 11) is 0. The molecule has 0 aliphatic heterocycles. The molecule has 0 radical (unpaired) electrons. The van der Waals surface area contributed by atoms with E-state index in [4.69, 9.17) is 4.98 Å². The van der Waals surface area contributed by atoms with Crippen LogP contribution in [0.3, 0.4) is 0 Å². The van der Waals surface area contributed by atoms with Crippen LogP contribution in [0, 0.1) is 0 Å². The first-order valence-corrected chi connectivity index (χ1v) is 11.5. The Morgan fingerprint density at radius 1 is 0.720 bits per heavy atom. The zero-order chi connectivity index (χ0) is 17.7. The molecule has 25 heavy (non-hydrogen) atoms. The highest BCUT2D eigenvalue weighted by Crippen LogP contribution is 2.27. The molecule has 0 amide bonds. The summed E-state index contributed by atoms with van der Waals surface area (Å²) in [6, 6.07) is 6.77. The number of hydrogen-bond acceptors (Lipinski definition) is 2. The van der Waals surface area contributed by atoms with Crippen LogP contribution in [0.1, 0.15) is 101 Å². The largest absolute Gasteiger partial charge is 0.241 e. The topological polar surface area (TPSA) is 12.9 Å². The molecular weight excluding hydrogens is 322 g/mol. The summed E-state index contributed by atoms with van der Waals surface area (Å²) in [5.41, 5.74) is 2.76. The SMILES string of the molecule is CCCCCCCCc1nc2c(CCCCCCCC)cccc2s1. The molecule has 0 bridgehead atoms. The Balaban J connectivity index is 1.78. The normalized spacial score (nSPS) is 11.4. The van der Waals surface area contributed by atoms with Crippen molar-refractivity contribution in [2.75, 3.05) is 0 Å². The van der Waals surface area contributed by atoms with Gasteiger partial charge in [-0.3, -0.25) is 0 Å². The van der Waals surface area contributed by atoms with Gasteiger partial charge in [-0.15, -0.1) is 11.3 Å². The van der Waals surface area contributed by atoms with Gasteiger partial charge in [-0.05, 0) is 37.3 Å². The van der Waals surface area contributed by atoms with Crippen LogP contribution < -0.4 is 0 Å². The van der Waals surface area contributed by atoms with Crippen LogP contribution in [0.2, 0.25) is 0 Å². The molecule has 0 spiro atoms. The van der Waals surface area contributed by atoms with Gasteiger partial charge in [0, 0.05) is 0 Å². The van der Waals surface area contributed by atoms with E-state index in [0.29, 0.717) is 0 Å². The number of aryl methyl sites for hydroxylation is 2. The van der Waals surface area contributed by atoms with Gasteiger partial charge in [0.1, 0.15) is 0 Å². The maximum atomic E-state index is 4.99. The van der Waals surface area contributed by atoms with Crippen molar-refractivity contribution in [1.29, 1.82) is 0 Å². The van der Waals surface area contributed by atoms with Crippen LogP contribution in [0.15, 0.2) is 18.2 Å². The van der Waals surface area contributed by atoms with Crippen LogP contribution in [0.25, 0.3) is 10.2 Å². The van der Waals surface area contributed by atoms with Crippen molar-refractivity contribution in [2.45, 2.75) is 104 Å². The molecule has 0 saturated heterocycles. The molecule has 1 nitrogen and oxygen atoms in total. The molecule has 1 aromatic carbocycles. The third-order valence-corrected chi connectivity index (χ3v) is 6.17. The van der Waals surface area contributed by atoms with Gasteiger partial charge in [0.25, 0.3) is 0 Å². The third kappa shape index (κ3) is 7.48. The number of thiazole rings is 1. The molecule has 2 rings (SSSR count). The Labute approximate surface area is 159 Å². The van der Waals surface area contributed by atoms with Crippen LogP contribution in [-0.2, 0) is 12.8 Å². The lowest BCUT2D eigenvalue weighted by atomic mass is 10.0. The second-order valence-electron chi connectivity index (χ2n) is 7.41. The first-order valence-electron chi connectivity index (χ1n) is 10.7. The van der Waals surface area contributed by atoms with Gasteiger partial charge in [0.2, 0.25) is 0 Å². The second-order valence-corrected chi connectivity index (χ2v) is 8.52. The van der Waals surface area contributed by atoms with Gasteiger partial charge < -0.3 is 0 Å². The quantitative estimate of drug-likeness (QED) is 0.310. The summed E-state index contributed by atoms with van der Waals surface area (Å²) in [5.74, 6) is 0. The lowest BCUT2D eigenvalue weighted by molar-refractivity contribution is 0.606. The van der Waals surface area contributed by atoms with E-state index in [2.05, 4.69) is 32.0 Å². The molecule has 0 fully saturated rings. The lowest BCUT2D eigenvalue weighted by Gasteiger charge is -2.03. The fourth-order valence-corrected chi connectivity index (χ4v) is 4.57. The number of fused-ring (bicyclic) bond motifs is 1.